The lowest BCUT2D eigenvalue weighted by Gasteiger charge is -2.16. The molecule has 1 aromatic carbocycles. The van der Waals surface area contributed by atoms with Crippen LogP contribution in [0.1, 0.15) is 19.4 Å². The molecule has 3 N–H and O–H groups in total. The first-order valence-electron chi connectivity index (χ1n) is 4.60. The third kappa shape index (κ3) is 3.60. The van der Waals surface area contributed by atoms with Crippen molar-refractivity contribution in [3.63, 3.8) is 0 Å². The number of aliphatic hydroxyl groups is 1. The van der Waals surface area contributed by atoms with Gasteiger partial charge in [-0.05, 0) is 38.5 Å². The minimum atomic E-state index is -0.651. The summed E-state index contributed by atoms with van der Waals surface area (Å²) >= 11 is 1.59. The van der Waals surface area contributed by atoms with Crippen molar-refractivity contribution in [2.75, 3.05) is 11.5 Å². The number of anilines is 1. The van der Waals surface area contributed by atoms with Crippen LogP contribution in [0.3, 0.4) is 0 Å². The Balaban J connectivity index is 2.68. The third-order valence-electron chi connectivity index (χ3n) is 1.75. The van der Waals surface area contributed by atoms with Gasteiger partial charge in [0.25, 0.3) is 0 Å². The van der Waals surface area contributed by atoms with E-state index in [1.54, 1.807) is 25.6 Å². The van der Waals surface area contributed by atoms with Crippen molar-refractivity contribution in [1.82, 2.24) is 0 Å². The quantitative estimate of drug-likeness (QED) is 0.596. The van der Waals surface area contributed by atoms with Crippen LogP contribution in [0.15, 0.2) is 23.1 Å². The molecule has 0 saturated carbocycles. The summed E-state index contributed by atoms with van der Waals surface area (Å²) in [7, 11) is 0. The molecular weight excluding hydrogens is 194 g/mol. The van der Waals surface area contributed by atoms with E-state index in [0.29, 0.717) is 5.75 Å². The molecule has 0 aliphatic rings. The molecule has 78 valence electrons. The zero-order valence-corrected chi connectivity index (χ0v) is 9.69. The lowest BCUT2D eigenvalue weighted by molar-refractivity contribution is 0.107. The Morgan fingerprint density at radius 1 is 1.43 bits per heavy atom. The zero-order chi connectivity index (χ0) is 10.8. The standard InChI is InChI=1S/C11H17NOS/c1-8-4-5-10(9(12)6-8)14-7-11(2,3)13/h4-6,13H,7,12H2,1-3H3. The molecule has 1 aromatic rings. The average molecular weight is 211 g/mol. The van der Waals surface area contributed by atoms with Gasteiger partial charge in [-0.3, -0.25) is 0 Å². The summed E-state index contributed by atoms with van der Waals surface area (Å²) in [5.74, 6) is 0.653. The van der Waals surface area contributed by atoms with Crippen molar-refractivity contribution in [2.45, 2.75) is 31.3 Å². The number of thioether (sulfide) groups is 1. The van der Waals surface area contributed by atoms with Gasteiger partial charge in [0.05, 0.1) is 5.60 Å². The van der Waals surface area contributed by atoms with Crippen LogP contribution < -0.4 is 5.73 Å². The molecule has 0 fully saturated rings. The number of nitrogens with two attached hydrogens (primary N) is 1. The van der Waals surface area contributed by atoms with Gasteiger partial charge < -0.3 is 10.8 Å². The molecule has 0 saturated heterocycles. The second-order valence-electron chi connectivity index (χ2n) is 4.14. The fourth-order valence-corrected chi connectivity index (χ4v) is 1.95. The summed E-state index contributed by atoms with van der Waals surface area (Å²) < 4.78 is 0. The molecule has 0 heterocycles. The number of nitrogen functional groups attached to an aromatic ring is 1. The summed E-state index contributed by atoms with van der Waals surface area (Å²) in [4.78, 5) is 1.04. The summed E-state index contributed by atoms with van der Waals surface area (Å²) in [6.07, 6.45) is 0. The molecule has 2 nitrogen and oxygen atoms in total. The Kier molecular flexibility index (Phi) is 3.45. The minimum Gasteiger partial charge on any atom is -0.398 e. The van der Waals surface area contributed by atoms with Gasteiger partial charge in [-0.15, -0.1) is 11.8 Å². The van der Waals surface area contributed by atoms with E-state index in [4.69, 9.17) is 5.73 Å². The maximum absolute atomic E-state index is 9.56. The third-order valence-corrected chi connectivity index (χ3v) is 3.28. The lowest BCUT2D eigenvalue weighted by Crippen LogP contribution is -2.21. The lowest BCUT2D eigenvalue weighted by atomic mass is 10.2. The van der Waals surface area contributed by atoms with Gasteiger partial charge in [-0.1, -0.05) is 6.07 Å². The Bertz CT molecular complexity index is 318. The number of hydrogen-bond acceptors (Lipinski definition) is 3. The number of rotatable bonds is 3. The van der Waals surface area contributed by atoms with Gasteiger partial charge >= 0.3 is 0 Å². The van der Waals surface area contributed by atoms with Crippen LogP contribution in [0.25, 0.3) is 0 Å². The van der Waals surface area contributed by atoms with E-state index in [1.807, 2.05) is 25.1 Å². The Morgan fingerprint density at radius 3 is 2.57 bits per heavy atom. The molecule has 0 amide bonds. The van der Waals surface area contributed by atoms with Crippen molar-refractivity contribution in [3.05, 3.63) is 23.8 Å². The fraction of sp³-hybridized carbons (Fsp3) is 0.455. The van der Waals surface area contributed by atoms with Gasteiger partial charge in [0.1, 0.15) is 0 Å². The van der Waals surface area contributed by atoms with E-state index in [0.717, 1.165) is 16.1 Å². The zero-order valence-electron chi connectivity index (χ0n) is 8.87. The first kappa shape index (κ1) is 11.4. The van der Waals surface area contributed by atoms with Gasteiger partial charge in [0.15, 0.2) is 0 Å². The Morgan fingerprint density at radius 2 is 2.07 bits per heavy atom. The Hall–Kier alpha value is -0.670. The number of hydrogen-bond donors (Lipinski definition) is 2. The summed E-state index contributed by atoms with van der Waals surface area (Å²) in [6, 6.07) is 5.98. The fourth-order valence-electron chi connectivity index (χ4n) is 1.05. The van der Waals surface area contributed by atoms with Crippen molar-refractivity contribution in [1.29, 1.82) is 0 Å². The second-order valence-corrected chi connectivity index (χ2v) is 5.16. The predicted molar refractivity (Wildman–Crippen MR) is 62.6 cm³/mol. The minimum absolute atomic E-state index is 0.651. The number of aryl methyl sites for hydroxylation is 1. The average Bonchev–Trinajstić information content (AvgIpc) is 2.00. The van der Waals surface area contributed by atoms with Crippen LogP contribution in [0.4, 0.5) is 5.69 Å². The smallest absolute Gasteiger partial charge is 0.0685 e. The predicted octanol–water partition coefficient (Wildman–Crippen LogP) is 2.44. The van der Waals surface area contributed by atoms with E-state index < -0.39 is 5.60 Å². The van der Waals surface area contributed by atoms with Crippen LogP contribution in [-0.4, -0.2) is 16.5 Å². The summed E-state index contributed by atoms with van der Waals surface area (Å²) in [5.41, 5.74) is 7.15. The first-order chi connectivity index (χ1) is 6.38. The summed E-state index contributed by atoms with van der Waals surface area (Å²) in [5, 5.41) is 9.56. The van der Waals surface area contributed by atoms with E-state index in [9.17, 15) is 5.11 Å². The van der Waals surface area contributed by atoms with Crippen molar-refractivity contribution < 1.29 is 5.11 Å². The van der Waals surface area contributed by atoms with Crippen molar-refractivity contribution >= 4 is 17.4 Å². The molecule has 0 atom stereocenters. The highest BCUT2D eigenvalue weighted by Gasteiger charge is 2.13. The van der Waals surface area contributed by atoms with E-state index >= 15 is 0 Å². The largest absolute Gasteiger partial charge is 0.398 e. The topological polar surface area (TPSA) is 46.2 Å². The van der Waals surface area contributed by atoms with Crippen molar-refractivity contribution in [2.24, 2.45) is 0 Å². The highest BCUT2D eigenvalue weighted by atomic mass is 32.2. The maximum Gasteiger partial charge on any atom is 0.0685 e. The maximum atomic E-state index is 9.56. The molecule has 0 aliphatic carbocycles. The number of benzene rings is 1. The summed E-state index contributed by atoms with van der Waals surface area (Å²) in [6.45, 7) is 5.61. The monoisotopic (exact) mass is 211 g/mol. The molecule has 14 heavy (non-hydrogen) atoms. The molecule has 0 radical (unpaired) electrons. The normalized spacial score (nSPS) is 11.7. The van der Waals surface area contributed by atoms with E-state index in [1.165, 1.54) is 0 Å². The molecule has 1 rings (SSSR count). The van der Waals surface area contributed by atoms with Crippen molar-refractivity contribution in [3.8, 4) is 0 Å². The molecule has 0 unspecified atom stereocenters. The molecule has 0 aliphatic heterocycles. The molecule has 0 aromatic heterocycles. The van der Waals surface area contributed by atoms with Crippen LogP contribution in [0.2, 0.25) is 0 Å². The van der Waals surface area contributed by atoms with Crippen LogP contribution in [0.5, 0.6) is 0 Å². The highest BCUT2D eigenvalue weighted by Crippen LogP contribution is 2.28. The van der Waals surface area contributed by atoms with Crippen LogP contribution >= 0.6 is 11.8 Å². The molecular formula is C11H17NOS. The van der Waals surface area contributed by atoms with Gasteiger partial charge in [0.2, 0.25) is 0 Å². The molecule has 0 spiro atoms. The highest BCUT2D eigenvalue weighted by molar-refractivity contribution is 7.99. The van der Waals surface area contributed by atoms with Gasteiger partial charge in [0, 0.05) is 16.3 Å². The van der Waals surface area contributed by atoms with Gasteiger partial charge in [-0.2, -0.15) is 0 Å². The Labute approximate surface area is 89.5 Å². The molecule has 3 heteroatoms. The van der Waals surface area contributed by atoms with E-state index in [2.05, 4.69) is 0 Å². The van der Waals surface area contributed by atoms with Gasteiger partial charge in [-0.25, -0.2) is 0 Å². The van der Waals surface area contributed by atoms with Crippen LogP contribution in [-0.2, 0) is 0 Å². The molecule has 0 bridgehead atoms. The first-order valence-corrected chi connectivity index (χ1v) is 5.58. The van der Waals surface area contributed by atoms with E-state index in [-0.39, 0.29) is 0 Å². The second kappa shape index (κ2) is 4.24. The SMILES string of the molecule is Cc1ccc(SCC(C)(C)O)c(N)c1. The van der Waals surface area contributed by atoms with Crippen LogP contribution in [0, 0.1) is 6.92 Å².